The Labute approximate surface area is 166 Å². The highest BCUT2D eigenvalue weighted by Crippen LogP contribution is 2.38. The molecule has 0 bridgehead atoms. The van der Waals surface area contributed by atoms with E-state index in [4.69, 9.17) is 0 Å². The minimum absolute atomic E-state index is 0.480. The lowest BCUT2D eigenvalue weighted by molar-refractivity contribution is 0.217. The number of rotatable bonds is 5. The van der Waals surface area contributed by atoms with Gasteiger partial charge >= 0.3 is 0 Å². The van der Waals surface area contributed by atoms with Crippen LogP contribution < -0.4 is 0 Å². The van der Waals surface area contributed by atoms with E-state index in [0.29, 0.717) is 5.41 Å². The molecule has 1 saturated carbocycles. The van der Waals surface area contributed by atoms with Gasteiger partial charge in [-0.05, 0) is 49.4 Å². The maximum absolute atomic E-state index is 3.79. The molecule has 0 aromatic carbocycles. The summed E-state index contributed by atoms with van der Waals surface area (Å²) in [7, 11) is 0. The van der Waals surface area contributed by atoms with Gasteiger partial charge in [-0.15, -0.1) is 6.58 Å². The maximum Gasteiger partial charge on any atom is -0.0286 e. The standard InChI is InChI=1S/C14H24.C8H16.C4H10/c1-5-6-8-12-9-7-10-13(11-12)14(2,3)4;1-2-8-6-4-3-5-7-8;1-3-4-2/h5,9,13H,1,6-8,10-11H2,2-4H3;8H,2-7H2,1H3;3-4H2,1-2H3/t13-;;/m0../s1. The van der Waals surface area contributed by atoms with E-state index >= 15 is 0 Å². The van der Waals surface area contributed by atoms with Gasteiger partial charge in [-0.1, -0.05) is 111 Å². The predicted octanol–water partition coefficient (Wildman–Crippen LogP) is 9.51. The molecule has 2 aliphatic rings. The number of hydrogen-bond acceptors (Lipinski definition) is 0. The molecule has 0 aliphatic heterocycles. The van der Waals surface area contributed by atoms with Gasteiger partial charge in [0.1, 0.15) is 0 Å². The Morgan fingerprint density at radius 2 is 1.62 bits per heavy atom. The number of allylic oxidation sites excluding steroid dienone is 3. The van der Waals surface area contributed by atoms with Crippen molar-refractivity contribution < 1.29 is 0 Å². The SMILES string of the molecule is C=CCCC1=CCC[C@H](C(C)(C)C)C1.CCC1CCCCC1.CCCC. The molecule has 0 radical (unpaired) electrons. The molecular weight excluding hydrogens is 312 g/mol. The van der Waals surface area contributed by atoms with Crippen LogP contribution in [0, 0.1) is 17.3 Å². The van der Waals surface area contributed by atoms with E-state index in [1.807, 2.05) is 6.08 Å². The fraction of sp³-hybridized carbons (Fsp3) is 0.846. The molecule has 0 saturated heterocycles. The fourth-order valence-corrected chi connectivity index (χ4v) is 3.82. The van der Waals surface area contributed by atoms with Crippen molar-refractivity contribution in [2.75, 3.05) is 0 Å². The van der Waals surface area contributed by atoms with Gasteiger partial charge in [-0.3, -0.25) is 0 Å². The summed E-state index contributed by atoms with van der Waals surface area (Å²) in [5.41, 5.74) is 2.14. The summed E-state index contributed by atoms with van der Waals surface area (Å²) in [6, 6.07) is 0. The van der Waals surface area contributed by atoms with Gasteiger partial charge in [0.05, 0.1) is 0 Å². The molecular formula is C26H50. The molecule has 0 unspecified atom stereocenters. The van der Waals surface area contributed by atoms with Crippen LogP contribution in [0.25, 0.3) is 0 Å². The summed E-state index contributed by atoms with van der Waals surface area (Å²) in [5, 5.41) is 0. The molecule has 154 valence electrons. The Morgan fingerprint density at radius 1 is 1.00 bits per heavy atom. The lowest BCUT2D eigenvalue weighted by Crippen LogP contribution is -2.22. The van der Waals surface area contributed by atoms with Crippen LogP contribution in [0.4, 0.5) is 0 Å². The van der Waals surface area contributed by atoms with Crippen LogP contribution in [-0.4, -0.2) is 0 Å². The topological polar surface area (TPSA) is 0 Å². The first-order valence-corrected chi connectivity index (χ1v) is 11.7. The van der Waals surface area contributed by atoms with Crippen LogP contribution in [0.15, 0.2) is 24.3 Å². The lowest BCUT2D eigenvalue weighted by Gasteiger charge is -2.34. The molecule has 1 atom stereocenters. The first kappa shape index (κ1) is 25.5. The average Bonchev–Trinajstić information content (AvgIpc) is 2.67. The van der Waals surface area contributed by atoms with E-state index in [1.54, 1.807) is 5.57 Å². The molecule has 0 aromatic rings. The third-order valence-corrected chi connectivity index (χ3v) is 6.15. The van der Waals surface area contributed by atoms with Gasteiger partial charge in [0.15, 0.2) is 0 Å². The van der Waals surface area contributed by atoms with Gasteiger partial charge < -0.3 is 0 Å². The van der Waals surface area contributed by atoms with Crippen molar-refractivity contribution in [3.63, 3.8) is 0 Å². The van der Waals surface area contributed by atoms with Crippen LogP contribution in [0.2, 0.25) is 0 Å². The largest absolute Gasteiger partial charge is 0.103 e. The highest BCUT2D eigenvalue weighted by Gasteiger charge is 2.26. The molecule has 26 heavy (non-hydrogen) atoms. The Kier molecular flexibility index (Phi) is 15.2. The van der Waals surface area contributed by atoms with Gasteiger partial charge in [-0.25, -0.2) is 0 Å². The van der Waals surface area contributed by atoms with Crippen LogP contribution in [0.5, 0.6) is 0 Å². The monoisotopic (exact) mass is 362 g/mol. The van der Waals surface area contributed by atoms with E-state index in [2.05, 4.69) is 54.2 Å². The second kappa shape index (κ2) is 15.5. The van der Waals surface area contributed by atoms with E-state index in [9.17, 15) is 0 Å². The summed E-state index contributed by atoms with van der Waals surface area (Å²) in [5.74, 6) is 1.97. The Morgan fingerprint density at radius 3 is 2.04 bits per heavy atom. The lowest BCUT2D eigenvalue weighted by atomic mass is 9.72. The average molecular weight is 363 g/mol. The van der Waals surface area contributed by atoms with Crippen LogP contribution in [0.3, 0.4) is 0 Å². The smallest absolute Gasteiger partial charge is 0.0286 e. The van der Waals surface area contributed by atoms with Crippen molar-refractivity contribution in [3.05, 3.63) is 24.3 Å². The van der Waals surface area contributed by atoms with Crippen LogP contribution in [-0.2, 0) is 0 Å². The molecule has 0 nitrogen and oxygen atoms in total. The van der Waals surface area contributed by atoms with Crippen molar-refractivity contribution in [1.29, 1.82) is 0 Å². The van der Waals surface area contributed by atoms with Gasteiger partial charge in [0, 0.05) is 0 Å². The summed E-state index contributed by atoms with van der Waals surface area (Å²) >= 11 is 0. The van der Waals surface area contributed by atoms with E-state index in [0.717, 1.165) is 18.3 Å². The molecule has 0 heteroatoms. The zero-order valence-electron chi connectivity index (χ0n) is 19.2. The molecule has 0 spiro atoms. The zero-order valence-corrected chi connectivity index (χ0v) is 19.2. The van der Waals surface area contributed by atoms with Gasteiger partial charge in [-0.2, -0.15) is 0 Å². The third-order valence-electron chi connectivity index (χ3n) is 6.15. The summed E-state index contributed by atoms with van der Waals surface area (Å²) in [6.45, 7) is 17.6. The Hall–Kier alpha value is -0.520. The van der Waals surface area contributed by atoms with Crippen molar-refractivity contribution >= 4 is 0 Å². The Bertz CT molecular complexity index is 347. The highest BCUT2D eigenvalue weighted by atomic mass is 14.3. The summed E-state index contributed by atoms with van der Waals surface area (Å²) in [4.78, 5) is 0. The quantitative estimate of drug-likeness (QED) is 0.427. The molecule has 1 fully saturated rings. The third kappa shape index (κ3) is 12.8. The van der Waals surface area contributed by atoms with E-state index in [1.165, 1.54) is 77.0 Å². The highest BCUT2D eigenvalue weighted by molar-refractivity contribution is 5.09. The number of hydrogen-bond donors (Lipinski definition) is 0. The maximum atomic E-state index is 3.79. The first-order valence-electron chi connectivity index (χ1n) is 11.7. The summed E-state index contributed by atoms with van der Waals surface area (Å²) in [6.07, 6.45) is 22.4. The zero-order chi connectivity index (χ0) is 19.8. The van der Waals surface area contributed by atoms with Gasteiger partial charge in [0.2, 0.25) is 0 Å². The molecule has 0 N–H and O–H groups in total. The molecule has 2 aliphatic carbocycles. The fourth-order valence-electron chi connectivity index (χ4n) is 3.82. The van der Waals surface area contributed by atoms with Crippen LogP contribution >= 0.6 is 0 Å². The second-order valence-electron chi connectivity index (χ2n) is 9.45. The predicted molar refractivity (Wildman–Crippen MR) is 122 cm³/mol. The minimum Gasteiger partial charge on any atom is -0.103 e. The first-order chi connectivity index (χ1) is 12.4. The second-order valence-corrected chi connectivity index (χ2v) is 9.45. The molecule has 0 heterocycles. The molecule has 0 aromatic heterocycles. The van der Waals surface area contributed by atoms with Crippen LogP contribution in [0.1, 0.15) is 125 Å². The minimum atomic E-state index is 0.480. The van der Waals surface area contributed by atoms with Crippen molar-refractivity contribution in [1.82, 2.24) is 0 Å². The van der Waals surface area contributed by atoms with E-state index in [-0.39, 0.29) is 0 Å². The number of unbranched alkanes of at least 4 members (excludes halogenated alkanes) is 1. The van der Waals surface area contributed by atoms with Crippen molar-refractivity contribution in [2.24, 2.45) is 17.3 Å². The summed E-state index contributed by atoms with van der Waals surface area (Å²) < 4.78 is 0. The molecule has 2 rings (SSSR count). The molecule has 0 amide bonds. The van der Waals surface area contributed by atoms with Crippen molar-refractivity contribution in [3.8, 4) is 0 Å². The van der Waals surface area contributed by atoms with E-state index < -0.39 is 0 Å². The van der Waals surface area contributed by atoms with Crippen molar-refractivity contribution in [2.45, 2.75) is 125 Å². The Balaban J connectivity index is 0.000000437. The normalized spacial score (nSPS) is 20.8. The van der Waals surface area contributed by atoms with Gasteiger partial charge in [0.25, 0.3) is 0 Å².